The van der Waals surface area contributed by atoms with Crippen molar-refractivity contribution in [2.24, 2.45) is 0 Å². The summed E-state index contributed by atoms with van der Waals surface area (Å²) >= 11 is 0. The average Bonchev–Trinajstić information content (AvgIpc) is 3.76. The number of carbonyl (C=O) groups is 5. The maximum absolute atomic E-state index is 13.8. The molecule has 3 heterocycles. The molecule has 1 aliphatic heterocycles. The molecule has 0 radical (unpaired) electrons. The van der Waals surface area contributed by atoms with Crippen molar-refractivity contribution < 1.29 is 66.5 Å². The molecule has 21 nitrogen and oxygen atoms in total. The molecule has 1 saturated heterocycles. The zero-order valence-corrected chi connectivity index (χ0v) is 30.6. The second-order valence-corrected chi connectivity index (χ2v) is 13.2. The summed E-state index contributed by atoms with van der Waals surface area (Å²) in [6, 6.07) is 6.05. The van der Waals surface area contributed by atoms with E-state index in [1.807, 2.05) is 30.3 Å². The van der Waals surface area contributed by atoms with Crippen LogP contribution < -0.4 is 16.0 Å². The molecule has 4 rings (SSSR count). The molecule has 1 fully saturated rings. The van der Waals surface area contributed by atoms with Gasteiger partial charge in [-0.3, -0.25) is 32.8 Å². The third-order valence-corrected chi connectivity index (χ3v) is 8.65. The highest BCUT2D eigenvalue weighted by molar-refractivity contribution is 7.48. The second kappa shape index (κ2) is 20.2. The van der Waals surface area contributed by atoms with Gasteiger partial charge in [0.15, 0.2) is 17.0 Å². The van der Waals surface area contributed by atoms with Gasteiger partial charge in [0, 0.05) is 13.3 Å². The normalized spacial score (nSPS) is 18.6. The van der Waals surface area contributed by atoms with E-state index in [0.29, 0.717) is 0 Å². The van der Waals surface area contributed by atoms with E-state index in [4.69, 9.17) is 32.8 Å². The van der Waals surface area contributed by atoms with Gasteiger partial charge in [0.2, 0.25) is 11.8 Å². The van der Waals surface area contributed by atoms with Crippen LogP contribution in [0.25, 0.3) is 11.2 Å². The molecule has 0 aliphatic carbocycles. The monoisotopic (exact) mass is 789 g/mol. The number of aromatic nitrogens is 4. The van der Waals surface area contributed by atoms with Gasteiger partial charge in [-0.15, -0.1) is 11.3 Å². The van der Waals surface area contributed by atoms with Crippen molar-refractivity contribution >= 4 is 54.7 Å². The fraction of sp³-hybridized carbons (Fsp3) is 0.394. The van der Waals surface area contributed by atoms with Gasteiger partial charge in [0.05, 0.1) is 26.0 Å². The molecule has 1 unspecified atom stereocenters. The van der Waals surface area contributed by atoms with Crippen LogP contribution in [0.15, 0.2) is 68.3 Å². The highest BCUT2D eigenvalue weighted by atomic mass is 31.2. The fourth-order valence-electron chi connectivity index (χ4n) is 4.90. The number of carboxylic acids is 1. The third kappa shape index (κ3) is 12.5. The minimum absolute atomic E-state index is 0.0402. The summed E-state index contributed by atoms with van der Waals surface area (Å²) in [5.74, 6) is -3.26. The first-order valence-electron chi connectivity index (χ1n) is 16.5. The Labute approximate surface area is 313 Å². The predicted octanol–water partition coefficient (Wildman–Crippen LogP) is 2.37. The van der Waals surface area contributed by atoms with Crippen molar-refractivity contribution in [3.63, 3.8) is 0 Å². The summed E-state index contributed by atoms with van der Waals surface area (Å²) in [5, 5.41) is 16.3. The number of imidazole rings is 1. The van der Waals surface area contributed by atoms with Crippen LogP contribution in [0.1, 0.15) is 32.1 Å². The lowest BCUT2D eigenvalue weighted by Gasteiger charge is -2.24. The van der Waals surface area contributed by atoms with Gasteiger partial charge in [0.1, 0.15) is 50.1 Å². The number of phosphoric ester groups is 1. The maximum atomic E-state index is 13.8. The Kier molecular flexibility index (Phi) is 15.5. The molecule has 0 spiro atoms. The molecule has 296 valence electrons. The van der Waals surface area contributed by atoms with Gasteiger partial charge in [-0.2, -0.15) is 0 Å². The predicted molar refractivity (Wildman–Crippen MR) is 189 cm³/mol. The Balaban J connectivity index is 1.50. The topological polar surface area (TPSA) is 267 Å². The van der Waals surface area contributed by atoms with Gasteiger partial charge in [-0.25, -0.2) is 29.2 Å². The van der Waals surface area contributed by atoms with E-state index in [0.717, 1.165) is 5.56 Å². The highest BCUT2D eigenvalue weighted by Crippen LogP contribution is 2.50. The molecule has 4 N–H and O–H groups in total. The van der Waals surface area contributed by atoms with Gasteiger partial charge >= 0.3 is 25.9 Å². The van der Waals surface area contributed by atoms with Crippen LogP contribution in [0.3, 0.4) is 0 Å². The van der Waals surface area contributed by atoms with Crippen LogP contribution in [-0.2, 0) is 63.0 Å². The summed E-state index contributed by atoms with van der Waals surface area (Å²) in [6.07, 6.45) is 1.20. The quantitative estimate of drug-likeness (QED) is 0.0301. The Morgan fingerprint density at radius 1 is 1.07 bits per heavy atom. The summed E-state index contributed by atoms with van der Waals surface area (Å²) in [5.41, 5.74) is 1.32. The van der Waals surface area contributed by atoms with Gasteiger partial charge in [-0.05, 0) is 12.5 Å². The number of hydrogen-bond donors (Lipinski definition) is 4. The molecule has 3 aromatic rings. The van der Waals surface area contributed by atoms with E-state index in [9.17, 15) is 33.6 Å². The number of aliphatic carboxylic acids is 1. The molecule has 0 saturated carbocycles. The lowest BCUT2D eigenvalue weighted by atomic mass is 10.1. The molecule has 1 aliphatic rings. The van der Waals surface area contributed by atoms with E-state index < -0.39 is 75.5 Å². The summed E-state index contributed by atoms with van der Waals surface area (Å²) in [4.78, 5) is 79.0. The van der Waals surface area contributed by atoms with Crippen LogP contribution in [0.2, 0.25) is 0 Å². The van der Waals surface area contributed by atoms with Crippen molar-refractivity contribution in [3.8, 4) is 0 Å². The second-order valence-electron chi connectivity index (χ2n) is 11.6. The number of amides is 3. The highest BCUT2D eigenvalue weighted by Gasteiger charge is 2.42. The number of fused-ring (bicyclic) bond motifs is 1. The Hall–Kier alpha value is -5.57. The molecule has 0 bridgehead atoms. The summed E-state index contributed by atoms with van der Waals surface area (Å²) in [6.45, 7) is 7.21. The van der Waals surface area contributed by atoms with Crippen molar-refractivity contribution in [3.05, 3.63) is 73.9 Å². The summed E-state index contributed by atoms with van der Waals surface area (Å²) in [7, 11) is -4.81. The first kappa shape index (κ1) is 42.2. The molecular formula is C33H40N7O14P. The van der Waals surface area contributed by atoms with Gasteiger partial charge < -0.3 is 35.3 Å². The zero-order valence-electron chi connectivity index (χ0n) is 29.7. The average molecular weight is 790 g/mol. The summed E-state index contributed by atoms with van der Waals surface area (Å²) < 4.78 is 47.5. The van der Waals surface area contributed by atoms with Crippen LogP contribution in [-0.4, -0.2) is 105 Å². The minimum Gasteiger partial charge on any atom is -0.480 e. The molecule has 22 heteroatoms. The molecule has 2 aromatic heterocycles. The molecule has 55 heavy (non-hydrogen) atoms. The zero-order chi connectivity index (χ0) is 40.0. The van der Waals surface area contributed by atoms with Gasteiger partial charge in [0.25, 0.3) is 0 Å². The van der Waals surface area contributed by atoms with Crippen LogP contribution in [0.4, 0.5) is 10.6 Å². The van der Waals surface area contributed by atoms with Gasteiger partial charge in [-0.1, -0.05) is 49.1 Å². The number of alkyl carbamates (subject to hydrolysis) is 1. The molecular weight excluding hydrogens is 749 g/mol. The molecule has 3 amide bonds. The number of anilines is 1. The number of ether oxygens (including phenoxy) is 3. The number of hydrogen-bond acceptors (Lipinski definition) is 16. The molecule has 1 aromatic carbocycles. The third-order valence-electron chi connectivity index (χ3n) is 7.43. The number of phosphoric acid groups is 1. The Morgan fingerprint density at radius 3 is 2.51 bits per heavy atom. The Morgan fingerprint density at radius 2 is 1.82 bits per heavy atom. The SMILES string of the molecule is C=CCOOP(=O)(OC[C@H](NC(=O)OCC=C)C(=O)N[C@@H](C)C(=O)O)OC[C@H]1O[C@@H](n2cnc3c(NC(=O)Cc4ccccc4)ncnc32)C[C@@H]1OC(C)=O. The van der Waals surface area contributed by atoms with Crippen LogP contribution in [0.5, 0.6) is 0 Å². The van der Waals surface area contributed by atoms with Crippen molar-refractivity contribution in [2.75, 3.05) is 31.7 Å². The minimum atomic E-state index is -4.81. The number of nitrogens with zero attached hydrogens (tertiary/aromatic N) is 4. The van der Waals surface area contributed by atoms with Crippen molar-refractivity contribution in [2.45, 2.75) is 57.2 Å². The van der Waals surface area contributed by atoms with Crippen LogP contribution >= 0.6 is 7.82 Å². The van der Waals surface area contributed by atoms with Crippen molar-refractivity contribution in [1.29, 1.82) is 0 Å². The molecule has 6 atom stereocenters. The number of rotatable bonds is 21. The largest absolute Gasteiger partial charge is 0.502 e. The fourth-order valence-corrected chi connectivity index (χ4v) is 5.91. The standard InChI is InChI=1S/C33H40N7O14P/c1-5-12-48-33(46)38-23(31(43)37-20(3)32(44)45)16-50-55(47,54-49-13-6-2)51-17-25-24(52-21(4)41)15-27(53-25)40-19-36-28-29(34-18-35-30(28)40)39-26(42)14-22-10-8-7-9-11-22/h5-11,18-20,23-25,27H,1-2,12-17H2,3-4H3,(H,37,43)(H,38,46)(H,44,45)(H,34,35,39,42)/t20-,23-,24-,25+,27+,55?/m0/s1. The number of benzene rings is 1. The van der Waals surface area contributed by atoms with E-state index >= 15 is 0 Å². The smallest absolute Gasteiger partial charge is 0.480 e. The van der Waals surface area contributed by atoms with E-state index in [1.54, 1.807) is 0 Å². The van der Waals surface area contributed by atoms with E-state index in [-0.39, 0.29) is 48.9 Å². The van der Waals surface area contributed by atoms with E-state index in [2.05, 4.69) is 44.1 Å². The first-order valence-corrected chi connectivity index (χ1v) is 18.0. The number of nitrogens with one attached hydrogen (secondary N) is 3. The van der Waals surface area contributed by atoms with E-state index in [1.165, 1.54) is 43.2 Å². The van der Waals surface area contributed by atoms with Crippen LogP contribution in [0, 0.1) is 0 Å². The number of esters is 1. The van der Waals surface area contributed by atoms with Crippen molar-refractivity contribution in [1.82, 2.24) is 30.2 Å². The lowest BCUT2D eigenvalue weighted by Crippen LogP contribution is -2.52. The first-order chi connectivity index (χ1) is 26.3. The Bertz CT molecular complexity index is 1890. The number of carboxylic acid groups (broad SMARTS) is 1. The lowest BCUT2D eigenvalue weighted by molar-refractivity contribution is -0.219. The maximum Gasteiger partial charge on any atom is 0.502 e. The number of carbonyl (C=O) groups excluding carboxylic acids is 4.